The number of hydrogen-bond donors (Lipinski definition) is 1. The number of nitrogens with zero attached hydrogens (tertiary/aromatic N) is 4. The number of piperazine rings is 1. The minimum Gasteiger partial charge on any atom is -0.482 e. The zero-order valence-corrected chi connectivity index (χ0v) is 19.2. The van der Waals surface area contributed by atoms with Crippen LogP contribution in [0.15, 0.2) is 60.9 Å². The Kier molecular flexibility index (Phi) is 7.69. The van der Waals surface area contributed by atoms with Gasteiger partial charge in [0.25, 0.3) is 0 Å². The molecule has 178 valence electrons. The van der Waals surface area contributed by atoms with Crippen molar-refractivity contribution in [1.29, 1.82) is 0 Å². The Hall–Kier alpha value is -3.52. The molecule has 0 aliphatic carbocycles. The van der Waals surface area contributed by atoms with E-state index < -0.39 is 5.97 Å². The van der Waals surface area contributed by atoms with Crippen molar-refractivity contribution in [2.45, 2.75) is 32.4 Å². The summed E-state index contributed by atoms with van der Waals surface area (Å²) in [6.45, 7) is 5.13. The van der Waals surface area contributed by atoms with Gasteiger partial charge in [-0.3, -0.25) is 4.90 Å². The van der Waals surface area contributed by atoms with Crippen LogP contribution in [-0.2, 0) is 11.3 Å². The van der Waals surface area contributed by atoms with Crippen molar-refractivity contribution in [2.24, 2.45) is 0 Å². The maximum absolute atomic E-state index is 13.6. The van der Waals surface area contributed by atoms with Crippen LogP contribution in [0.1, 0.15) is 25.3 Å². The minimum absolute atomic E-state index is 0.278. The summed E-state index contributed by atoms with van der Waals surface area (Å²) in [5.41, 5.74) is 2.64. The van der Waals surface area contributed by atoms with Gasteiger partial charge in [-0.15, -0.1) is 0 Å². The van der Waals surface area contributed by atoms with Crippen molar-refractivity contribution in [1.82, 2.24) is 14.9 Å². The van der Waals surface area contributed by atoms with Crippen molar-refractivity contribution >= 4 is 11.9 Å². The second kappa shape index (κ2) is 11.1. The molecule has 1 saturated heterocycles. The summed E-state index contributed by atoms with van der Waals surface area (Å²) in [6, 6.07) is 14.3. The van der Waals surface area contributed by atoms with Gasteiger partial charge in [0.15, 0.2) is 6.61 Å². The van der Waals surface area contributed by atoms with Gasteiger partial charge in [0.05, 0.1) is 0 Å². The van der Waals surface area contributed by atoms with E-state index in [1.165, 1.54) is 12.1 Å². The van der Waals surface area contributed by atoms with E-state index in [0.717, 1.165) is 55.7 Å². The Morgan fingerprint density at radius 2 is 1.91 bits per heavy atom. The first kappa shape index (κ1) is 23.6. The summed E-state index contributed by atoms with van der Waals surface area (Å²) in [4.78, 5) is 24.6. The lowest BCUT2D eigenvalue weighted by Crippen LogP contribution is -2.53. The zero-order valence-electron chi connectivity index (χ0n) is 19.2. The molecule has 0 bridgehead atoms. The number of carboxylic acids is 1. The molecule has 7 nitrogen and oxygen atoms in total. The highest BCUT2D eigenvalue weighted by atomic mass is 19.1. The summed E-state index contributed by atoms with van der Waals surface area (Å²) < 4.78 is 18.9. The number of rotatable bonds is 9. The molecule has 2 heterocycles. The van der Waals surface area contributed by atoms with Gasteiger partial charge in [0.2, 0.25) is 5.95 Å². The number of aliphatic carboxylic acids is 1. The molecule has 1 atom stereocenters. The Morgan fingerprint density at radius 1 is 1.12 bits per heavy atom. The van der Waals surface area contributed by atoms with Gasteiger partial charge in [-0.2, -0.15) is 0 Å². The first-order valence-electron chi connectivity index (χ1n) is 11.5. The molecule has 1 aromatic heterocycles. The maximum atomic E-state index is 13.6. The Balaban J connectivity index is 1.42. The topological polar surface area (TPSA) is 78.8 Å². The van der Waals surface area contributed by atoms with Gasteiger partial charge in [0.1, 0.15) is 11.6 Å². The number of ether oxygens (including phenoxy) is 1. The second-order valence-electron chi connectivity index (χ2n) is 8.48. The van der Waals surface area contributed by atoms with E-state index >= 15 is 0 Å². The van der Waals surface area contributed by atoms with E-state index in [-0.39, 0.29) is 18.5 Å². The molecular formula is C26H29FN4O3. The van der Waals surface area contributed by atoms with E-state index in [1.807, 2.05) is 24.3 Å². The van der Waals surface area contributed by atoms with Gasteiger partial charge in [-0.1, -0.05) is 37.6 Å². The predicted octanol–water partition coefficient (Wildman–Crippen LogP) is 4.24. The van der Waals surface area contributed by atoms with Gasteiger partial charge < -0.3 is 14.7 Å². The largest absolute Gasteiger partial charge is 0.482 e. The fraction of sp³-hybridized carbons (Fsp3) is 0.346. The normalized spacial score (nSPS) is 16.4. The molecular weight excluding hydrogens is 435 g/mol. The van der Waals surface area contributed by atoms with Crippen LogP contribution in [-0.4, -0.2) is 58.2 Å². The summed E-state index contributed by atoms with van der Waals surface area (Å²) in [5, 5.41) is 8.82. The highest BCUT2D eigenvalue weighted by molar-refractivity contribution is 5.68. The lowest BCUT2D eigenvalue weighted by molar-refractivity contribution is -0.139. The van der Waals surface area contributed by atoms with Crippen LogP contribution in [0.2, 0.25) is 0 Å². The highest BCUT2D eigenvalue weighted by Gasteiger charge is 2.28. The third-order valence-corrected chi connectivity index (χ3v) is 5.91. The molecule has 4 rings (SSSR count). The molecule has 0 spiro atoms. The van der Waals surface area contributed by atoms with Crippen LogP contribution in [0, 0.1) is 5.82 Å². The van der Waals surface area contributed by atoms with Crippen LogP contribution < -0.4 is 9.64 Å². The molecule has 0 saturated carbocycles. The number of benzene rings is 2. The van der Waals surface area contributed by atoms with Crippen LogP contribution in [0.4, 0.5) is 10.3 Å². The van der Waals surface area contributed by atoms with Gasteiger partial charge >= 0.3 is 5.97 Å². The summed E-state index contributed by atoms with van der Waals surface area (Å²) in [7, 11) is 0. The third-order valence-electron chi connectivity index (χ3n) is 5.91. The molecule has 2 aromatic carbocycles. The average molecular weight is 465 g/mol. The number of halogens is 1. The molecule has 1 N–H and O–H groups in total. The number of carbonyl (C=O) groups is 1. The third kappa shape index (κ3) is 6.08. The zero-order chi connectivity index (χ0) is 23.9. The maximum Gasteiger partial charge on any atom is 0.341 e. The molecule has 1 aliphatic rings. The Labute approximate surface area is 198 Å². The SMILES string of the molecule is CCC[C@@H]1CN(Cc2cccc(OCC(=O)O)c2)CCN1c1ncc(-c2cccc(F)c2)cn1. The Bertz CT molecular complexity index is 1110. The van der Waals surface area contributed by atoms with E-state index in [0.29, 0.717) is 11.7 Å². The molecule has 1 aliphatic heterocycles. The Morgan fingerprint density at radius 3 is 2.65 bits per heavy atom. The summed E-state index contributed by atoms with van der Waals surface area (Å²) in [6.07, 6.45) is 5.59. The summed E-state index contributed by atoms with van der Waals surface area (Å²) in [5.74, 6) is -0.00689. The van der Waals surface area contributed by atoms with Gasteiger partial charge in [-0.25, -0.2) is 19.2 Å². The van der Waals surface area contributed by atoms with Crippen molar-refractivity contribution in [3.05, 3.63) is 72.3 Å². The molecule has 1 fully saturated rings. The monoisotopic (exact) mass is 464 g/mol. The first-order chi connectivity index (χ1) is 16.5. The lowest BCUT2D eigenvalue weighted by atomic mass is 10.1. The van der Waals surface area contributed by atoms with Crippen molar-refractivity contribution < 1.29 is 19.0 Å². The molecule has 8 heteroatoms. The molecule has 0 radical (unpaired) electrons. The van der Waals surface area contributed by atoms with Crippen molar-refractivity contribution in [3.8, 4) is 16.9 Å². The quantitative estimate of drug-likeness (QED) is 0.508. The van der Waals surface area contributed by atoms with Crippen LogP contribution in [0.3, 0.4) is 0 Å². The summed E-state index contributed by atoms with van der Waals surface area (Å²) >= 11 is 0. The van der Waals surface area contributed by atoms with Gasteiger partial charge in [-0.05, 0) is 41.8 Å². The minimum atomic E-state index is -0.991. The van der Waals surface area contributed by atoms with E-state index in [2.05, 4.69) is 26.7 Å². The average Bonchev–Trinajstić information content (AvgIpc) is 2.84. The number of aromatic nitrogens is 2. The second-order valence-corrected chi connectivity index (χ2v) is 8.48. The lowest BCUT2D eigenvalue weighted by Gasteiger charge is -2.41. The van der Waals surface area contributed by atoms with Crippen LogP contribution in [0.5, 0.6) is 5.75 Å². The predicted molar refractivity (Wildman–Crippen MR) is 128 cm³/mol. The highest BCUT2D eigenvalue weighted by Crippen LogP contribution is 2.24. The van der Waals surface area contributed by atoms with Crippen LogP contribution in [0.25, 0.3) is 11.1 Å². The first-order valence-corrected chi connectivity index (χ1v) is 11.5. The smallest absolute Gasteiger partial charge is 0.341 e. The van der Waals surface area contributed by atoms with Crippen molar-refractivity contribution in [2.75, 3.05) is 31.1 Å². The number of anilines is 1. The number of hydrogen-bond acceptors (Lipinski definition) is 6. The van der Waals surface area contributed by atoms with Crippen LogP contribution >= 0.6 is 0 Å². The molecule has 3 aromatic rings. The molecule has 0 amide bonds. The van der Waals surface area contributed by atoms with Gasteiger partial charge in [0, 0.05) is 50.2 Å². The standard InChI is InChI=1S/C26H29FN4O3/c1-2-5-23-17-30(16-19-6-3-9-24(12-19)34-18-25(32)33)10-11-31(23)26-28-14-21(15-29-26)20-7-4-8-22(27)13-20/h3-4,6-9,12-15,23H,2,5,10-11,16-18H2,1H3,(H,32,33)/t23-/m1/s1. The van der Waals surface area contributed by atoms with E-state index in [1.54, 1.807) is 24.5 Å². The molecule has 0 unspecified atom stereocenters. The number of carboxylic acid groups (broad SMARTS) is 1. The van der Waals surface area contributed by atoms with E-state index in [9.17, 15) is 9.18 Å². The molecule has 34 heavy (non-hydrogen) atoms. The van der Waals surface area contributed by atoms with Crippen molar-refractivity contribution in [3.63, 3.8) is 0 Å². The fourth-order valence-electron chi connectivity index (χ4n) is 4.33. The fourth-order valence-corrected chi connectivity index (χ4v) is 4.33. The van der Waals surface area contributed by atoms with E-state index in [4.69, 9.17) is 9.84 Å².